The number of para-hydroxylation sites is 1. The number of anilines is 1. The Morgan fingerprint density at radius 2 is 1.79 bits per heavy atom. The molecule has 0 saturated heterocycles. The van der Waals surface area contributed by atoms with Gasteiger partial charge in [-0.05, 0) is 42.3 Å². The number of hydrogen-bond donors (Lipinski definition) is 2. The number of nitriles is 1. The Kier molecular flexibility index (Phi) is 5.92. The van der Waals surface area contributed by atoms with Gasteiger partial charge in [0, 0.05) is 12.2 Å². The molecule has 6 nitrogen and oxygen atoms in total. The van der Waals surface area contributed by atoms with E-state index in [9.17, 15) is 9.59 Å². The molecule has 0 aliphatic rings. The summed E-state index contributed by atoms with van der Waals surface area (Å²) >= 11 is 0. The van der Waals surface area contributed by atoms with Gasteiger partial charge in [-0.2, -0.15) is 5.26 Å². The van der Waals surface area contributed by atoms with Crippen molar-refractivity contribution in [2.75, 3.05) is 19.0 Å². The summed E-state index contributed by atoms with van der Waals surface area (Å²) in [7, 11) is 1.59. The minimum atomic E-state index is -0.750. The molecule has 2 amide bonds. The third-order valence-corrected chi connectivity index (χ3v) is 3.35. The Labute approximate surface area is 140 Å². The van der Waals surface area contributed by atoms with E-state index in [0.717, 1.165) is 11.3 Å². The van der Waals surface area contributed by atoms with E-state index < -0.39 is 11.8 Å². The summed E-state index contributed by atoms with van der Waals surface area (Å²) in [5, 5.41) is 13.8. The summed E-state index contributed by atoms with van der Waals surface area (Å²) in [6.07, 6.45) is 0.555. The van der Waals surface area contributed by atoms with Crippen LogP contribution in [0.5, 0.6) is 5.75 Å². The zero-order valence-electron chi connectivity index (χ0n) is 13.2. The Morgan fingerprint density at radius 3 is 2.46 bits per heavy atom. The molecular formula is C18H17N3O3. The van der Waals surface area contributed by atoms with Crippen LogP contribution in [0.25, 0.3) is 0 Å². The molecule has 0 unspecified atom stereocenters. The number of carbonyl (C=O) groups is 2. The summed E-state index contributed by atoms with van der Waals surface area (Å²) in [5.41, 5.74) is 1.89. The number of carbonyl (C=O) groups excluding carboxylic acids is 2. The highest BCUT2D eigenvalue weighted by Crippen LogP contribution is 2.17. The maximum absolute atomic E-state index is 11.8. The predicted molar refractivity (Wildman–Crippen MR) is 89.5 cm³/mol. The third kappa shape index (κ3) is 4.58. The SMILES string of the molecule is COc1ccccc1CCNC(=O)C(=O)Nc1ccc(C#N)cc1. The van der Waals surface area contributed by atoms with Gasteiger partial charge in [0.2, 0.25) is 0 Å². The largest absolute Gasteiger partial charge is 0.496 e. The van der Waals surface area contributed by atoms with Crippen LogP contribution in [-0.4, -0.2) is 25.5 Å². The fraction of sp³-hybridized carbons (Fsp3) is 0.167. The van der Waals surface area contributed by atoms with Crippen LogP contribution >= 0.6 is 0 Å². The number of nitrogens with zero attached hydrogens (tertiary/aromatic N) is 1. The number of hydrogen-bond acceptors (Lipinski definition) is 4. The topological polar surface area (TPSA) is 91.2 Å². The zero-order valence-corrected chi connectivity index (χ0v) is 13.2. The fourth-order valence-corrected chi connectivity index (χ4v) is 2.12. The van der Waals surface area contributed by atoms with Gasteiger partial charge in [0.1, 0.15) is 5.75 Å². The molecule has 0 aliphatic heterocycles. The monoisotopic (exact) mass is 323 g/mol. The minimum Gasteiger partial charge on any atom is -0.496 e. The second-order valence-corrected chi connectivity index (χ2v) is 4.96. The molecule has 24 heavy (non-hydrogen) atoms. The molecule has 0 aromatic heterocycles. The van der Waals surface area contributed by atoms with Crippen molar-refractivity contribution in [3.63, 3.8) is 0 Å². The van der Waals surface area contributed by atoms with Crippen molar-refractivity contribution in [2.45, 2.75) is 6.42 Å². The van der Waals surface area contributed by atoms with Crippen molar-refractivity contribution in [1.82, 2.24) is 5.32 Å². The zero-order chi connectivity index (χ0) is 17.4. The lowest BCUT2D eigenvalue weighted by Gasteiger charge is -2.09. The molecule has 0 bridgehead atoms. The van der Waals surface area contributed by atoms with Crippen LogP contribution in [0.3, 0.4) is 0 Å². The highest BCUT2D eigenvalue weighted by atomic mass is 16.5. The van der Waals surface area contributed by atoms with Crippen molar-refractivity contribution >= 4 is 17.5 Å². The normalized spacial score (nSPS) is 9.67. The first-order valence-electron chi connectivity index (χ1n) is 7.35. The molecule has 2 N–H and O–H groups in total. The quantitative estimate of drug-likeness (QED) is 0.822. The molecule has 2 aromatic rings. The maximum atomic E-state index is 11.8. The number of ether oxygens (including phenoxy) is 1. The van der Waals surface area contributed by atoms with Gasteiger partial charge in [0.05, 0.1) is 18.7 Å². The number of amides is 2. The maximum Gasteiger partial charge on any atom is 0.313 e. The van der Waals surface area contributed by atoms with Crippen LogP contribution in [0.2, 0.25) is 0 Å². The predicted octanol–water partition coefficient (Wildman–Crippen LogP) is 1.86. The molecule has 122 valence electrons. The average molecular weight is 323 g/mol. The molecule has 0 radical (unpaired) electrons. The Balaban J connectivity index is 1.83. The molecule has 0 fully saturated rings. The second-order valence-electron chi connectivity index (χ2n) is 4.96. The standard InChI is InChI=1S/C18H17N3O3/c1-24-16-5-3-2-4-14(16)10-11-20-17(22)18(23)21-15-8-6-13(12-19)7-9-15/h2-9H,10-11H2,1H3,(H,20,22)(H,21,23). The number of methoxy groups -OCH3 is 1. The van der Waals surface area contributed by atoms with Crippen LogP contribution in [0, 0.1) is 11.3 Å². The molecule has 2 aromatic carbocycles. The number of rotatable bonds is 5. The van der Waals surface area contributed by atoms with Crippen molar-refractivity contribution in [3.05, 3.63) is 59.7 Å². The van der Waals surface area contributed by atoms with Crippen LogP contribution in [-0.2, 0) is 16.0 Å². The summed E-state index contributed by atoms with van der Waals surface area (Å²) in [4.78, 5) is 23.6. The van der Waals surface area contributed by atoms with Gasteiger partial charge >= 0.3 is 11.8 Å². The molecule has 0 aliphatic carbocycles. The molecule has 0 saturated carbocycles. The van der Waals surface area contributed by atoms with Crippen molar-refractivity contribution < 1.29 is 14.3 Å². The van der Waals surface area contributed by atoms with Crippen LogP contribution in [0.1, 0.15) is 11.1 Å². The molecule has 6 heteroatoms. The van der Waals surface area contributed by atoms with Gasteiger partial charge in [-0.1, -0.05) is 18.2 Å². The van der Waals surface area contributed by atoms with Gasteiger partial charge in [0.15, 0.2) is 0 Å². The van der Waals surface area contributed by atoms with E-state index in [1.54, 1.807) is 31.4 Å². The lowest BCUT2D eigenvalue weighted by molar-refractivity contribution is -0.136. The van der Waals surface area contributed by atoms with Gasteiger partial charge in [-0.15, -0.1) is 0 Å². The summed E-state index contributed by atoms with van der Waals surface area (Å²) in [6.45, 7) is 0.319. The van der Waals surface area contributed by atoms with Crippen LogP contribution < -0.4 is 15.4 Å². The average Bonchev–Trinajstić information content (AvgIpc) is 2.62. The fourth-order valence-electron chi connectivity index (χ4n) is 2.12. The van der Waals surface area contributed by atoms with Gasteiger partial charge < -0.3 is 15.4 Å². The third-order valence-electron chi connectivity index (χ3n) is 3.35. The molecule has 2 rings (SSSR count). The van der Waals surface area contributed by atoms with Gasteiger partial charge in [-0.25, -0.2) is 0 Å². The van der Waals surface area contributed by atoms with Gasteiger partial charge in [-0.3, -0.25) is 9.59 Å². The minimum absolute atomic E-state index is 0.319. The van der Waals surface area contributed by atoms with E-state index in [0.29, 0.717) is 24.2 Å². The molecule has 0 atom stereocenters. The first-order chi connectivity index (χ1) is 11.6. The van der Waals surface area contributed by atoms with E-state index >= 15 is 0 Å². The van der Waals surface area contributed by atoms with Crippen molar-refractivity contribution in [3.8, 4) is 11.8 Å². The summed E-state index contributed by atoms with van der Waals surface area (Å²) < 4.78 is 5.23. The van der Waals surface area contributed by atoms with Crippen molar-refractivity contribution in [2.24, 2.45) is 0 Å². The van der Waals surface area contributed by atoms with Crippen LogP contribution in [0.15, 0.2) is 48.5 Å². The lowest BCUT2D eigenvalue weighted by Crippen LogP contribution is -2.36. The Morgan fingerprint density at radius 1 is 1.08 bits per heavy atom. The molecule has 0 spiro atoms. The van der Waals surface area contributed by atoms with E-state index in [4.69, 9.17) is 10.00 Å². The van der Waals surface area contributed by atoms with Crippen molar-refractivity contribution in [1.29, 1.82) is 5.26 Å². The first-order valence-corrected chi connectivity index (χ1v) is 7.35. The van der Waals surface area contributed by atoms with Gasteiger partial charge in [0.25, 0.3) is 0 Å². The Hall–Kier alpha value is -3.33. The lowest BCUT2D eigenvalue weighted by atomic mass is 10.1. The molecular weight excluding hydrogens is 306 g/mol. The van der Waals surface area contributed by atoms with E-state index in [2.05, 4.69) is 10.6 Å². The van der Waals surface area contributed by atoms with Crippen LogP contribution in [0.4, 0.5) is 5.69 Å². The summed E-state index contributed by atoms with van der Waals surface area (Å²) in [5.74, 6) is -0.720. The van der Waals surface area contributed by atoms with E-state index in [1.165, 1.54) is 0 Å². The second kappa shape index (κ2) is 8.34. The molecule has 0 heterocycles. The number of benzene rings is 2. The number of nitrogens with one attached hydrogen (secondary N) is 2. The highest BCUT2D eigenvalue weighted by molar-refractivity contribution is 6.39. The first kappa shape index (κ1) is 17.0. The highest BCUT2D eigenvalue weighted by Gasteiger charge is 2.13. The smallest absolute Gasteiger partial charge is 0.313 e. The van der Waals surface area contributed by atoms with E-state index in [-0.39, 0.29) is 0 Å². The van der Waals surface area contributed by atoms with E-state index in [1.807, 2.05) is 30.3 Å². The Bertz CT molecular complexity index is 764. The summed E-state index contributed by atoms with van der Waals surface area (Å²) in [6, 6.07) is 15.7.